The molecule has 4 rings (SSSR count). The molecule has 7 heteroatoms. The van der Waals surface area contributed by atoms with Crippen LogP contribution in [0.4, 0.5) is 0 Å². The van der Waals surface area contributed by atoms with Crippen LogP contribution in [0.25, 0.3) is 11.4 Å². The molecular formula is C21H25ClN4O2. The largest absolute Gasteiger partial charge is 0.489 e. The number of benzene rings is 1. The Morgan fingerprint density at radius 2 is 2.11 bits per heavy atom. The number of pyridine rings is 1. The maximum Gasteiger partial charge on any atom is 0.227 e. The van der Waals surface area contributed by atoms with Gasteiger partial charge in [-0.05, 0) is 56.5 Å². The lowest BCUT2D eigenvalue weighted by Crippen LogP contribution is -2.14. The van der Waals surface area contributed by atoms with Gasteiger partial charge in [0.25, 0.3) is 0 Å². The fourth-order valence-electron chi connectivity index (χ4n) is 3.37. The Balaban J connectivity index is 0.00000225. The molecule has 3 heterocycles. The second kappa shape index (κ2) is 10.2. The summed E-state index contributed by atoms with van der Waals surface area (Å²) in [6.07, 6.45) is 7.99. The number of nitrogens with one attached hydrogen (secondary N) is 1. The highest BCUT2D eigenvalue weighted by Crippen LogP contribution is 2.24. The molecule has 6 nitrogen and oxygen atoms in total. The molecule has 1 aliphatic heterocycles. The zero-order valence-corrected chi connectivity index (χ0v) is 16.5. The van der Waals surface area contributed by atoms with E-state index in [9.17, 15) is 0 Å². The predicted octanol–water partition coefficient (Wildman–Crippen LogP) is 4.06. The Kier molecular flexibility index (Phi) is 7.39. The first kappa shape index (κ1) is 20.3. The maximum atomic E-state index is 5.86. The molecule has 1 aliphatic rings. The molecule has 1 aromatic carbocycles. The molecule has 28 heavy (non-hydrogen) atoms. The molecular weight excluding hydrogens is 376 g/mol. The molecule has 0 amide bonds. The number of nitrogens with zero attached hydrogens (tertiary/aromatic N) is 3. The highest BCUT2D eigenvalue weighted by Gasteiger charge is 2.17. The van der Waals surface area contributed by atoms with Crippen LogP contribution in [0, 0.1) is 5.92 Å². The van der Waals surface area contributed by atoms with Crippen molar-refractivity contribution in [2.24, 2.45) is 5.92 Å². The monoisotopic (exact) mass is 400 g/mol. The van der Waals surface area contributed by atoms with E-state index in [4.69, 9.17) is 9.26 Å². The van der Waals surface area contributed by atoms with E-state index < -0.39 is 0 Å². The van der Waals surface area contributed by atoms with Crippen LogP contribution in [0.5, 0.6) is 5.75 Å². The molecule has 0 bridgehead atoms. The number of rotatable bonds is 6. The van der Waals surface area contributed by atoms with Gasteiger partial charge in [0.1, 0.15) is 12.4 Å². The van der Waals surface area contributed by atoms with Crippen LogP contribution < -0.4 is 10.1 Å². The molecule has 1 unspecified atom stereocenters. The van der Waals surface area contributed by atoms with Gasteiger partial charge in [0.2, 0.25) is 11.7 Å². The van der Waals surface area contributed by atoms with E-state index in [1.54, 1.807) is 12.4 Å². The Morgan fingerprint density at radius 3 is 3.00 bits per heavy atom. The average Bonchev–Trinajstić information content (AvgIpc) is 3.03. The van der Waals surface area contributed by atoms with E-state index >= 15 is 0 Å². The third-order valence-electron chi connectivity index (χ3n) is 4.85. The summed E-state index contributed by atoms with van der Waals surface area (Å²) in [5, 5.41) is 7.61. The molecule has 0 aliphatic carbocycles. The summed E-state index contributed by atoms with van der Waals surface area (Å²) in [7, 11) is 0. The van der Waals surface area contributed by atoms with E-state index in [-0.39, 0.29) is 12.4 Å². The topological polar surface area (TPSA) is 73.1 Å². The minimum Gasteiger partial charge on any atom is -0.489 e. The SMILES string of the molecule is Cl.c1cncc(COc2cccc(-c3noc(CC4CCCNCC4)n3)c2)c1. The minimum atomic E-state index is 0. The summed E-state index contributed by atoms with van der Waals surface area (Å²) in [6.45, 7) is 2.66. The fraction of sp³-hybridized carbons (Fsp3) is 0.381. The van der Waals surface area contributed by atoms with Gasteiger partial charge in [-0.2, -0.15) is 4.98 Å². The van der Waals surface area contributed by atoms with Gasteiger partial charge in [-0.3, -0.25) is 4.98 Å². The maximum absolute atomic E-state index is 5.86. The molecule has 3 aromatic rings. The van der Waals surface area contributed by atoms with Gasteiger partial charge >= 0.3 is 0 Å². The normalized spacial score (nSPS) is 16.8. The number of halogens is 1. The summed E-state index contributed by atoms with van der Waals surface area (Å²) in [4.78, 5) is 8.70. The second-order valence-corrected chi connectivity index (χ2v) is 6.94. The Labute approximate surface area is 171 Å². The summed E-state index contributed by atoms with van der Waals surface area (Å²) in [5.41, 5.74) is 1.93. The fourth-order valence-corrected chi connectivity index (χ4v) is 3.37. The zero-order valence-electron chi connectivity index (χ0n) is 15.7. The summed E-state index contributed by atoms with van der Waals surface area (Å²) in [5.74, 6) is 2.72. The molecule has 1 N–H and O–H groups in total. The van der Waals surface area contributed by atoms with Crippen molar-refractivity contribution in [2.75, 3.05) is 13.1 Å². The van der Waals surface area contributed by atoms with Crippen LogP contribution in [-0.4, -0.2) is 28.2 Å². The van der Waals surface area contributed by atoms with Crippen molar-refractivity contribution in [1.82, 2.24) is 20.4 Å². The van der Waals surface area contributed by atoms with Crippen molar-refractivity contribution < 1.29 is 9.26 Å². The van der Waals surface area contributed by atoms with Crippen molar-refractivity contribution in [3.8, 4) is 17.1 Å². The number of ether oxygens (including phenoxy) is 1. The Bertz CT molecular complexity index is 848. The number of aromatic nitrogens is 3. The summed E-state index contributed by atoms with van der Waals surface area (Å²) >= 11 is 0. The van der Waals surface area contributed by atoms with E-state index in [0.717, 1.165) is 48.7 Å². The Hall–Kier alpha value is -2.44. The van der Waals surface area contributed by atoms with Crippen molar-refractivity contribution >= 4 is 12.4 Å². The van der Waals surface area contributed by atoms with Crippen LogP contribution in [0.2, 0.25) is 0 Å². The van der Waals surface area contributed by atoms with Crippen LogP contribution in [0.3, 0.4) is 0 Å². The van der Waals surface area contributed by atoms with Crippen LogP contribution in [0.15, 0.2) is 53.3 Å². The lowest BCUT2D eigenvalue weighted by molar-refractivity contribution is 0.306. The van der Waals surface area contributed by atoms with E-state index in [0.29, 0.717) is 18.3 Å². The predicted molar refractivity (Wildman–Crippen MR) is 109 cm³/mol. The lowest BCUT2D eigenvalue weighted by atomic mass is 9.97. The molecule has 1 fully saturated rings. The third kappa shape index (κ3) is 5.53. The van der Waals surface area contributed by atoms with E-state index in [2.05, 4.69) is 20.4 Å². The molecule has 1 saturated heterocycles. The zero-order chi connectivity index (χ0) is 18.3. The third-order valence-corrected chi connectivity index (χ3v) is 4.85. The molecule has 2 aromatic heterocycles. The summed E-state index contributed by atoms with van der Waals surface area (Å²) < 4.78 is 11.4. The van der Waals surface area contributed by atoms with Crippen LogP contribution in [-0.2, 0) is 13.0 Å². The van der Waals surface area contributed by atoms with Crippen molar-refractivity contribution in [3.63, 3.8) is 0 Å². The lowest BCUT2D eigenvalue weighted by Gasteiger charge is -2.09. The molecule has 0 radical (unpaired) electrons. The first-order valence-corrected chi connectivity index (χ1v) is 9.52. The average molecular weight is 401 g/mol. The van der Waals surface area contributed by atoms with Gasteiger partial charge in [0.05, 0.1) is 0 Å². The second-order valence-electron chi connectivity index (χ2n) is 6.94. The van der Waals surface area contributed by atoms with Crippen LogP contribution >= 0.6 is 12.4 Å². The molecule has 1 atom stereocenters. The van der Waals surface area contributed by atoms with Gasteiger partial charge in [0.15, 0.2) is 0 Å². The highest BCUT2D eigenvalue weighted by atomic mass is 35.5. The van der Waals surface area contributed by atoms with Crippen LogP contribution in [0.1, 0.15) is 30.7 Å². The van der Waals surface area contributed by atoms with Gasteiger partial charge in [-0.15, -0.1) is 12.4 Å². The van der Waals surface area contributed by atoms with E-state index in [1.165, 1.54) is 12.8 Å². The quantitative estimate of drug-likeness (QED) is 0.672. The minimum absolute atomic E-state index is 0. The van der Waals surface area contributed by atoms with Gasteiger partial charge in [-0.25, -0.2) is 0 Å². The van der Waals surface area contributed by atoms with Gasteiger partial charge in [0, 0.05) is 29.9 Å². The number of hydrogen-bond acceptors (Lipinski definition) is 6. The smallest absolute Gasteiger partial charge is 0.227 e. The number of hydrogen-bond donors (Lipinski definition) is 1. The van der Waals surface area contributed by atoms with Crippen molar-refractivity contribution in [1.29, 1.82) is 0 Å². The molecule has 0 saturated carbocycles. The summed E-state index contributed by atoms with van der Waals surface area (Å²) in [6, 6.07) is 11.7. The highest BCUT2D eigenvalue weighted by molar-refractivity contribution is 5.85. The standard InChI is InChI=1S/C21H24N4O2.ClH/c1-6-18(13-19(7-1)26-15-17-5-3-10-23-14-17)21-24-20(27-25-21)12-16-4-2-9-22-11-8-16;/h1,3,5-7,10,13-14,16,22H,2,4,8-9,11-12,15H2;1H. The molecule has 148 valence electrons. The van der Waals surface area contributed by atoms with Gasteiger partial charge in [-0.1, -0.05) is 23.4 Å². The Morgan fingerprint density at radius 1 is 1.14 bits per heavy atom. The van der Waals surface area contributed by atoms with Crippen molar-refractivity contribution in [3.05, 3.63) is 60.2 Å². The van der Waals surface area contributed by atoms with E-state index in [1.807, 2.05) is 36.4 Å². The molecule has 0 spiro atoms. The van der Waals surface area contributed by atoms with Crippen molar-refractivity contribution in [2.45, 2.75) is 32.3 Å². The first-order valence-electron chi connectivity index (χ1n) is 9.52. The first-order chi connectivity index (χ1) is 13.4. The van der Waals surface area contributed by atoms with Gasteiger partial charge < -0.3 is 14.6 Å².